The van der Waals surface area contributed by atoms with Gasteiger partial charge in [-0.15, -0.1) is 0 Å². The van der Waals surface area contributed by atoms with E-state index in [4.69, 9.17) is 4.74 Å². The zero-order valence-electron chi connectivity index (χ0n) is 18.9. The van der Waals surface area contributed by atoms with Crippen LogP contribution in [0.4, 0.5) is 25.8 Å². The number of nitrogens with one attached hydrogen (secondary N) is 2. The molecule has 3 aromatic carbocycles. The van der Waals surface area contributed by atoms with Gasteiger partial charge in [-0.2, -0.15) is 8.78 Å². The van der Waals surface area contributed by atoms with E-state index in [2.05, 4.69) is 24.5 Å². The van der Waals surface area contributed by atoms with Gasteiger partial charge in [-0.05, 0) is 60.4 Å². The Bertz CT molecular complexity index is 1120. The second kappa shape index (κ2) is 12.2. The third-order valence-corrected chi connectivity index (χ3v) is 5.94. The van der Waals surface area contributed by atoms with Crippen LogP contribution in [-0.2, 0) is 9.53 Å². The summed E-state index contributed by atoms with van der Waals surface area (Å²) in [5.74, 6) is -3.30. The van der Waals surface area contributed by atoms with Crippen LogP contribution in [0.5, 0.6) is 0 Å². The van der Waals surface area contributed by atoms with E-state index in [9.17, 15) is 18.4 Å². The lowest BCUT2D eigenvalue weighted by Gasteiger charge is -2.16. The molecule has 0 bridgehead atoms. The van der Waals surface area contributed by atoms with E-state index >= 15 is 0 Å². The molecule has 3 aromatic rings. The number of hydrogen-bond acceptors (Lipinski definition) is 5. The highest BCUT2D eigenvalue weighted by Gasteiger charge is 2.16. The maximum atomic E-state index is 12.7. The number of ether oxygens (including phenoxy) is 1. The fourth-order valence-electron chi connectivity index (χ4n) is 3.30. The first-order chi connectivity index (χ1) is 16.4. The molecule has 0 aromatic heterocycles. The van der Waals surface area contributed by atoms with E-state index in [0.29, 0.717) is 33.7 Å². The molecule has 1 unspecified atom stereocenters. The monoisotopic (exact) mass is 484 g/mol. The number of thioether (sulfide) groups is 1. The Morgan fingerprint density at radius 1 is 0.941 bits per heavy atom. The summed E-state index contributed by atoms with van der Waals surface area (Å²) in [5.41, 5.74) is 3.08. The first-order valence-electron chi connectivity index (χ1n) is 10.8. The van der Waals surface area contributed by atoms with Crippen molar-refractivity contribution >= 4 is 40.7 Å². The lowest BCUT2D eigenvalue weighted by atomic mass is 9.97. The van der Waals surface area contributed by atoms with Crippen LogP contribution in [0.15, 0.2) is 77.7 Å². The second-order valence-electron chi connectivity index (χ2n) is 7.59. The number of carbonyl (C=O) groups is 2. The van der Waals surface area contributed by atoms with Crippen LogP contribution in [0.2, 0.25) is 0 Å². The fourth-order valence-corrected chi connectivity index (χ4v) is 3.80. The molecular formula is C26H26F2N2O3S. The summed E-state index contributed by atoms with van der Waals surface area (Å²) in [6, 6.07) is 20.7. The van der Waals surface area contributed by atoms with Crippen LogP contribution in [-0.4, -0.2) is 24.2 Å². The Morgan fingerprint density at radius 2 is 1.59 bits per heavy atom. The molecule has 0 fully saturated rings. The topological polar surface area (TPSA) is 67.4 Å². The van der Waals surface area contributed by atoms with E-state index in [1.807, 2.05) is 24.3 Å². The van der Waals surface area contributed by atoms with Gasteiger partial charge in [0.05, 0.1) is 11.3 Å². The van der Waals surface area contributed by atoms with Crippen LogP contribution in [0.3, 0.4) is 0 Å². The van der Waals surface area contributed by atoms with Gasteiger partial charge in [-0.1, -0.05) is 55.9 Å². The van der Waals surface area contributed by atoms with Gasteiger partial charge in [0.25, 0.3) is 11.7 Å². The largest absolute Gasteiger partial charge is 0.452 e. The summed E-state index contributed by atoms with van der Waals surface area (Å²) in [4.78, 5) is 25.6. The minimum atomic E-state index is -2.49. The van der Waals surface area contributed by atoms with Gasteiger partial charge < -0.3 is 15.4 Å². The van der Waals surface area contributed by atoms with Crippen molar-refractivity contribution in [1.82, 2.24) is 0 Å². The number of anilines is 3. The molecule has 1 amide bonds. The third-order valence-electron chi connectivity index (χ3n) is 5.22. The quantitative estimate of drug-likeness (QED) is 0.238. The molecule has 178 valence electrons. The molecule has 3 rings (SSSR count). The number of rotatable bonds is 10. The molecule has 8 heteroatoms. The Labute approximate surface area is 201 Å². The predicted molar refractivity (Wildman–Crippen MR) is 132 cm³/mol. The zero-order valence-corrected chi connectivity index (χ0v) is 19.7. The van der Waals surface area contributed by atoms with Gasteiger partial charge in [0.15, 0.2) is 6.61 Å². The Kier molecular flexibility index (Phi) is 9.04. The van der Waals surface area contributed by atoms with Crippen molar-refractivity contribution in [2.45, 2.75) is 36.8 Å². The van der Waals surface area contributed by atoms with Crippen molar-refractivity contribution < 1.29 is 23.1 Å². The summed E-state index contributed by atoms with van der Waals surface area (Å²) >= 11 is 0.462. The first-order valence-corrected chi connectivity index (χ1v) is 11.7. The van der Waals surface area contributed by atoms with Crippen molar-refractivity contribution in [3.8, 4) is 0 Å². The molecule has 1 atom stereocenters. The second-order valence-corrected chi connectivity index (χ2v) is 8.66. The molecule has 0 radical (unpaired) electrons. The normalized spacial score (nSPS) is 11.7. The number of alkyl halides is 2. The van der Waals surface area contributed by atoms with Gasteiger partial charge in [-0.3, -0.25) is 4.79 Å². The summed E-state index contributed by atoms with van der Waals surface area (Å²) in [7, 11) is 0. The standard InChI is InChI=1S/C26H26F2N2O3S/c1-3-17(2)20-8-4-6-10-22(20)30-24(31)16-33-25(32)21-9-5-7-11-23(21)29-18-12-14-19(15-13-18)34-26(27)28/h4-15,17,26,29H,3,16H2,1-2H3,(H,30,31). The molecule has 0 saturated heterocycles. The summed E-state index contributed by atoms with van der Waals surface area (Å²) < 4.78 is 30.3. The lowest BCUT2D eigenvalue weighted by molar-refractivity contribution is -0.119. The van der Waals surface area contributed by atoms with Crippen molar-refractivity contribution in [2.75, 3.05) is 17.2 Å². The number of hydrogen-bond donors (Lipinski definition) is 2. The van der Waals surface area contributed by atoms with Crippen LogP contribution in [0.25, 0.3) is 0 Å². The molecule has 5 nitrogen and oxygen atoms in total. The van der Waals surface area contributed by atoms with Crippen LogP contribution in [0, 0.1) is 0 Å². The summed E-state index contributed by atoms with van der Waals surface area (Å²) in [5, 5.41) is 5.91. The van der Waals surface area contributed by atoms with Gasteiger partial charge in [0, 0.05) is 16.3 Å². The number of halogens is 2. The number of benzene rings is 3. The molecule has 2 N–H and O–H groups in total. The fraction of sp³-hybridized carbons (Fsp3) is 0.231. The van der Waals surface area contributed by atoms with Crippen LogP contribution in [0.1, 0.15) is 42.1 Å². The average Bonchev–Trinajstić information content (AvgIpc) is 2.83. The van der Waals surface area contributed by atoms with Crippen molar-refractivity contribution in [3.63, 3.8) is 0 Å². The predicted octanol–water partition coefficient (Wildman–Crippen LogP) is 7.05. The van der Waals surface area contributed by atoms with Crippen molar-refractivity contribution in [2.24, 2.45) is 0 Å². The van der Waals surface area contributed by atoms with E-state index in [-0.39, 0.29) is 11.5 Å². The van der Waals surface area contributed by atoms with E-state index in [0.717, 1.165) is 12.0 Å². The minimum absolute atomic E-state index is 0.251. The maximum absolute atomic E-state index is 12.7. The van der Waals surface area contributed by atoms with Gasteiger partial charge in [0.2, 0.25) is 0 Å². The molecule has 0 aliphatic carbocycles. The number of carbonyl (C=O) groups excluding carboxylic acids is 2. The summed E-state index contributed by atoms with van der Waals surface area (Å²) in [6.45, 7) is 3.73. The van der Waals surface area contributed by atoms with Crippen LogP contribution >= 0.6 is 11.8 Å². The molecule has 0 aliphatic heterocycles. The lowest BCUT2D eigenvalue weighted by Crippen LogP contribution is -2.22. The number of esters is 1. The third kappa shape index (κ3) is 7.05. The van der Waals surface area contributed by atoms with E-state index in [1.165, 1.54) is 0 Å². The molecule has 0 heterocycles. The Morgan fingerprint density at radius 3 is 2.26 bits per heavy atom. The van der Waals surface area contributed by atoms with Crippen molar-refractivity contribution in [3.05, 3.63) is 83.9 Å². The van der Waals surface area contributed by atoms with Gasteiger partial charge in [0.1, 0.15) is 0 Å². The molecule has 0 spiro atoms. The Hall–Kier alpha value is -3.39. The first kappa shape index (κ1) is 25.2. The van der Waals surface area contributed by atoms with Crippen molar-refractivity contribution in [1.29, 1.82) is 0 Å². The van der Waals surface area contributed by atoms with E-state index in [1.54, 1.807) is 48.5 Å². The maximum Gasteiger partial charge on any atom is 0.340 e. The molecule has 0 saturated carbocycles. The van der Waals surface area contributed by atoms with Crippen LogP contribution < -0.4 is 10.6 Å². The molecule has 0 aliphatic rings. The Balaban J connectivity index is 1.62. The number of para-hydroxylation sites is 2. The van der Waals surface area contributed by atoms with Gasteiger partial charge >= 0.3 is 5.97 Å². The minimum Gasteiger partial charge on any atom is -0.452 e. The smallest absolute Gasteiger partial charge is 0.340 e. The highest BCUT2D eigenvalue weighted by molar-refractivity contribution is 7.99. The van der Waals surface area contributed by atoms with Gasteiger partial charge in [-0.25, -0.2) is 4.79 Å². The highest BCUT2D eigenvalue weighted by atomic mass is 32.2. The summed E-state index contributed by atoms with van der Waals surface area (Å²) in [6.07, 6.45) is 0.930. The SMILES string of the molecule is CCC(C)c1ccccc1NC(=O)COC(=O)c1ccccc1Nc1ccc(SC(F)F)cc1. The van der Waals surface area contributed by atoms with E-state index < -0.39 is 24.2 Å². The zero-order chi connectivity index (χ0) is 24.5. The average molecular weight is 485 g/mol. The molecular weight excluding hydrogens is 458 g/mol. The number of amides is 1. The molecule has 34 heavy (non-hydrogen) atoms. The highest BCUT2D eigenvalue weighted by Crippen LogP contribution is 2.28.